The fraction of sp³-hybridized carbons (Fsp3) is 0.588. The summed E-state index contributed by atoms with van der Waals surface area (Å²) in [5.74, 6) is 0.523. The third-order valence-corrected chi connectivity index (χ3v) is 4.74. The van der Waals surface area contributed by atoms with E-state index in [4.69, 9.17) is 16.3 Å². The van der Waals surface area contributed by atoms with Crippen LogP contribution in [-0.2, 0) is 0 Å². The topological polar surface area (TPSA) is 44.8 Å². The van der Waals surface area contributed by atoms with Gasteiger partial charge in [-0.05, 0) is 38.1 Å². The molecular weight excluding hydrogens is 314 g/mol. The van der Waals surface area contributed by atoms with Crippen LogP contribution in [0, 0.1) is 0 Å². The highest BCUT2D eigenvalue weighted by atomic mass is 35.5. The number of likely N-dealkylation sites (tertiary alicyclic amines) is 1. The summed E-state index contributed by atoms with van der Waals surface area (Å²) >= 11 is 6.18. The highest BCUT2D eigenvalue weighted by molar-refractivity contribution is 6.31. The van der Waals surface area contributed by atoms with Gasteiger partial charge in [-0.25, -0.2) is 0 Å². The van der Waals surface area contributed by atoms with Crippen LogP contribution in [0.15, 0.2) is 12.1 Å². The SMILES string of the molecule is CN1CCOc2c(C(=O)NCCN3CCCCC3)cc(Cl)cc21. The number of hydrogen-bond acceptors (Lipinski definition) is 4. The van der Waals surface area contributed by atoms with Gasteiger partial charge in [-0.15, -0.1) is 0 Å². The van der Waals surface area contributed by atoms with E-state index in [0.29, 0.717) is 29.5 Å². The van der Waals surface area contributed by atoms with E-state index in [1.807, 2.05) is 13.1 Å². The second-order valence-electron chi connectivity index (χ2n) is 6.23. The number of amides is 1. The second kappa shape index (κ2) is 7.41. The lowest BCUT2D eigenvalue weighted by Crippen LogP contribution is -2.38. The monoisotopic (exact) mass is 337 g/mol. The van der Waals surface area contributed by atoms with Crippen LogP contribution < -0.4 is 15.0 Å². The number of nitrogens with one attached hydrogen (secondary N) is 1. The fourth-order valence-corrected chi connectivity index (χ4v) is 3.41. The predicted molar refractivity (Wildman–Crippen MR) is 92.8 cm³/mol. The van der Waals surface area contributed by atoms with Crippen molar-refractivity contribution in [2.24, 2.45) is 0 Å². The molecule has 1 aromatic rings. The molecule has 0 atom stereocenters. The van der Waals surface area contributed by atoms with Gasteiger partial charge < -0.3 is 19.9 Å². The minimum Gasteiger partial charge on any atom is -0.489 e. The zero-order valence-electron chi connectivity index (χ0n) is 13.6. The molecule has 1 amide bonds. The summed E-state index contributed by atoms with van der Waals surface area (Å²) in [4.78, 5) is 17.0. The zero-order valence-corrected chi connectivity index (χ0v) is 14.4. The molecule has 2 aliphatic rings. The highest BCUT2D eigenvalue weighted by Crippen LogP contribution is 2.37. The number of rotatable bonds is 4. The third-order valence-electron chi connectivity index (χ3n) is 4.53. The molecule has 0 saturated carbocycles. The maximum atomic E-state index is 12.5. The summed E-state index contributed by atoms with van der Waals surface area (Å²) in [6.07, 6.45) is 3.84. The lowest BCUT2D eigenvalue weighted by atomic mass is 10.1. The largest absolute Gasteiger partial charge is 0.489 e. The number of carbonyl (C=O) groups is 1. The molecule has 0 aromatic heterocycles. The Morgan fingerprint density at radius 2 is 2.04 bits per heavy atom. The van der Waals surface area contributed by atoms with Crippen molar-refractivity contribution < 1.29 is 9.53 Å². The Morgan fingerprint density at radius 3 is 2.83 bits per heavy atom. The van der Waals surface area contributed by atoms with Crippen molar-refractivity contribution in [3.05, 3.63) is 22.7 Å². The van der Waals surface area contributed by atoms with Crippen LogP contribution in [0.3, 0.4) is 0 Å². The van der Waals surface area contributed by atoms with Gasteiger partial charge in [0.2, 0.25) is 0 Å². The van der Waals surface area contributed by atoms with Crippen LogP contribution in [0.2, 0.25) is 5.02 Å². The molecule has 126 valence electrons. The van der Waals surface area contributed by atoms with Gasteiger partial charge in [0.15, 0.2) is 5.75 Å². The van der Waals surface area contributed by atoms with Crippen LogP contribution in [0.1, 0.15) is 29.6 Å². The minimum absolute atomic E-state index is 0.115. The molecule has 1 saturated heterocycles. The van der Waals surface area contributed by atoms with Gasteiger partial charge in [-0.2, -0.15) is 0 Å². The molecule has 0 aliphatic carbocycles. The first kappa shape index (κ1) is 16.4. The third kappa shape index (κ3) is 3.90. The molecule has 1 fully saturated rings. The maximum absolute atomic E-state index is 12.5. The van der Waals surface area contributed by atoms with E-state index in [9.17, 15) is 4.79 Å². The van der Waals surface area contributed by atoms with Crippen molar-refractivity contribution in [3.63, 3.8) is 0 Å². The fourth-order valence-electron chi connectivity index (χ4n) is 3.19. The van der Waals surface area contributed by atoms with Gasteiger partial charge in [-0.1, -0.05) is 18.0 Å². The molecule has 2 heterocycles. The van der Waals surface area contributed by atoms with Gasteiger partial charge in [0.1, 0.15) is 6.61 Å². The summed E-state index contributed by atoms with van der Waals surface area (Å²) < 4.78 is 5.73. The Bertz CT molecular complexity index is 573. The zero-order chi connectivity index (χ0) is 16.2. The molecule has 2 aliphatic heterocycles. The number of piperidine rings is 1. The van der Waals surface area contributed by atoms with E-state index in [-0.39, 0.29) is 5.91 Å². The summed E-state index contributed by atoms with van der Waals surface area (Å²) in [5, 5.41) is 3.56. The number of carbonyl (C=O) groups excluding carboxylic acids is 1. The molecule has 0 unspecified atom stereocenters. The van der Waals surface area contributed by atoms with E-state index in [0.717, 1.165) is 31.9 Å². The van der Waals surface area contributed by atoms with Crippen molar-refractivity contribution in [1.29, 1.82) is 0 Å². The molecule has 0 radical (unpaired) electrons. The van der Waals surface area contributed by atoms with Crippen molar-refractivity contribution in [1.82, 2.24) is 10.2 Å². The summed E-state index contributed by atoms with van der Waals surface area (Å²) in [7, 11) is 1.98. The summed E-state index contributed by atoms with van der Waals surface area (Å²) in [5.41, 5.74) is 1.41. The summed E-state index contributed by atoms with van der Waals surface area (Å²) in [6.45, 7) is 5.19. The predicted octanol–water partition coefficient (Wildman–Crippen LogP) is 2.38. The van der Waals surface area contributed by atoms with Crippen molar-refractivity contribution in [2.45, 2.75) is 19.3 Å². The smallest absolute Gasteiger partial charge is 0.255 e. The number of fused-ring (bicyclic) bond motifs is 1. The number of nitrogens with zero attached hydrogens (tertiary/aromatic N) is 2. The van der Waals surface area contributed by atoms with Crippen LogP contribution in [0.25, 0.3) is 0 Å². The first-order valence-electron chi connectivity index (χ1n) is 8.33. The van der Waals surface area contributed by atoms with Crippen LogP contribution in [0.5, 0.6) is 5.75 Å². The molecular formula is C17H24ClN3O2. The van der Waals surface area contributed by atoms with E-state index in [1.165, 1.54) is 19.3 Å². The van der Waals surface area contributed by atoms with Gasteiger partial charge in [0.25, 0.3) is 5.91 Å². The average Bonchev–Trinajstić information content (AvgIpc) is 2.56. The molecule has 1 N–H and O–H groups in total. The van der Waals surface area contributed by atoms with Gasteiger partial charge in [-0.3, -0.25) is 4.79 Å². The number of anilines is 1. The normalized spacial score (nSPS) is 18.3. The molecule has 0 spiro atoms. The van der Waals surface area contributed by atoms with E-state index < -0.39 is 0 Å². The first-order valence-corrected chi connectivity index (χ1v) is 8.71. The number of likely N-dealkylation sites (N-methyl/N-ethyl adjacent to an activating group) is 1. The van der Waals surface area contributed by atoms with Crippen LogP contribution >= 0.6 is 11.6 Å². The number of benzene rings is 1. The Balaban J connectivity index is 1.65. The molecule has 0 bridgehead atoms. The number of ether oxygens (including phenoxy) is 1. The van der Waals surface area contributed by atoms with Crippen molar-refractivity contribution in [3.8, 4) is 5.75 Å². The maximum Gasteiger partial charge on any atom is 0.255 e. The minimum atomic E-state index is -0.115. The van der Waals surface area contributed by atoms with Crippen LogP contribution in [0.4, 0.5) is 5.69 Å². The Kier molecular flexibility index (Phi) is 5.28. The van der Waals surface area contributed by atoms with Gasteiger partial charge >= 0.3 is 0 Å². The second-order valence-corrected chi connectivity index (χ2v) is 6.67. The Morgan fingerprint density at radius 1 is 1.26 bits per heavy atom. The van der Waals surface area contributed by atoms with Crippen molar-refractivity contribution in [2.75, 3.05) is 51.3 Å². The van der Waals surface area contributed by atoms with Gasteiger partial charge in [0.05, 0.1) is 17.8 Å². The molecule has 6 heteroatoms. The van der Waals surface area contributed by atoms with E-state index >= 15 is 0 Å². The van der Waals surface area contributed by atoms with Crippen molar-refractivity contribution >= 4 is 23.2 Å². The average molecular weight is 338 g/mol. The first-order chi connectivity index (χ1) is 11.1. The quantitative estimate of drug-likeness (QED) is 0.916. The highest BCUT2D eigenvalue weighted by Gasteiger charge is 2.23. The molecule has 1 aromatic carbocycles. The lowest BCUT2D eigenvalue weighted by Gasteiger charge is -2.29. The number of hydrogen-bond donors (Lipinski definition) is 1. The number of halogens is 1. The summed E-state index contributed by atoms with van der Waals surface area (Å²) in [6, 6.07) is 3.54. The Hall–Kier alpha value is -1.46. The molecule has 3 rings (SSSR count). The van der Waals surface area contributed by atoms with Crippen LogP contribution in [-0.4, -0.2) is 57.2 Å². The lowest BCUT2D eigenvalue weighted by molar-refractivity contribution is 0.0942. The Labute approximate surface area is 142 Å². The van der Waals surface area contributed by atoms with E-state index in [1.54, 1.807) is 6.07 Å². The van der Waals surface area contributed by atoms with Gasteiger partial charge in [0, 0.05) is 25.2 Å². The standard InChI is InChI=1S/C17H24ClN3O2/c1-20-9-10-23-16-14(11-13(18)12-15(16)20)17(22)19-5-8-21-6-3-2-4-7-21/h11-12H,2-10H2,1H3,(H,19,22). The molecule has 23 heavy (non-hydrogen) atoms. The van der Waals surface area contributed by atoms with E-state index in [2.05, 4.69) is 15.1 Å². The molecule has 5 nitrogen and oxygen atoms in total.